The number of aliphatic carboxylic acids is 1. The summed E-state index contributed by atoms with van der Waals surface area (Å²) in [4.78, 5) is 11.3. The number of sulfone groups is 1. The number of rotatable bonds is 6. The molecule has 0 spiro atoms. The van der Waals surface area contributed by atoms with Gasteiger partial charge in [-0.2, -0.15) is 0 Å². The summed E-state index contributed by atoms with van der Waals surface area (Å²) < 4.78 is 22.9. The van der Waals surface area contributed by atoms with E-state index in [1.165, 1.54) is 12.1 Å². The summed E-state index contributed by atoms with van der Waals surface area (Å²) in [5.41, 5.74) is 0.684. The van der Waals surface area contributed by atoms with Crippen molar-refractivity contribution in [3.05, 3.63) is 29.8 Å². The van der Waals surface area contributed by atoms with Gasteiger partial charge in [-0.1, -0.05) is 26.0 Å². The lowest BCUT2D eigenvalue weighted by Gasteiger charge is -2.17. The van der Waals surface area contributed by atoms with Gasteiger partial charge in [0.25, 0.3) is 0 Å². The highest BCUT2D eigenvalue weighted by molar-refractivity contribution is 7.90. The summed E-state index contributed by atoms with van der Waals surface area (Å²) >= 11 is 0. The molecule has 0 amide bonds. The van der Waals surface area contributed by atoms with Gasteiger partial charge in [0.15, 0.2) is 9.84 Å². The molecule has 1 atom stereocenters. The summed E-state index contributed by atoms with van der Waals surface area (Å²) in [6, 6.07) is 5.69. The van der Waals surface area contributed by atoms with Crippen molar-refractivity contribution in [2.24, 2.45) is 0 Å². The molecule has 2 N–H and O–H groups in total. The molecule has 1 aromatic rings. The van der Waals surface area contributed by atoms with Crippen LogP contribution in [-0.2, 0) is 21.1 Å². The molecule has 0 heterocycles. The summed E-state index contributed by atoms with van der Waals surface area (Å²) in [5.74, 6) is -0.946. The first kappa shape index (κ1) is 15.7. The summed E-state index contributed by atoms with van der Waals surface area (Å²) in [5, 5.41) is 12.1. The fourth-order valence-corrected chi connectivity index (χ4v) is 2.45. The van der Waals surface area contributed by atoms with Crippen molar-refractivity contribution < 1.29 is 18.3 Å². The zero-order chi connectivity index (χ0) is 14.6. The zero-order valence-electron chi connectivity index (χ0n) is 11.3. The van der Waals surface area contributed by atoms with E-state index in [1.54, 1.807) is 12.1 Å². The number of nitrogens with one attached hydrogen (secondary N) is 1. The SMILES string of the molecule is CC(C)N[C@@H](Cc1cccc(S(C)(=O)=O)c1)C(=O)O. The molecule has 0 aliphatic carbocycles. The zero-order valence-corrected chi connectivity index (χ0v) is 12.1. The number of hydrogen-bond donors (Lipinski definition) is 2. The molecule has 0 saturated heterocycles. The average Bonchev–Trinajstić information content (AvgIpc) is 2.26. The minimum Gasteiger partial charge on any atom is -0.480 e. The van der Waals surface area contributed by atoms with Crippen LogP contribution in [0.5, 0.6) is 0 Å². The van der Waals surface area contributed by atoms with Gasteiger partial charge in [0, 0.05) is 12.3 Å². The molecule has 0 radical (unpaired) electrons. The summed E-state index contributed by atoms with van der Waals surface area (Å²) in [6.45, 7) is 3.73. The quantitative estimate of drug-likeness (QED) is 0.817. The lowest BCUT2D eigenvalue weighted by molar-refractivity contribution is -0.139. The second-order valence-corrected chi connectivity index (χ2v) is 6.85. The Kier molecular flexibility index (Phi) is 5.08. The molecule has 0 aliphatic rings. The molecule has 0 aliphatic heterocycles. The molecule has 0 aromatic heterocycles. The van der Waals surface area contributed by atoms with Crippen molar-refractivity contribution in [2.75, 3.05) is 6.26 Å². The van der Waals surface area contributed by atoms with Crippen LogP contribution < -0.4 is 5.32 Å². The molecule has 1 rings (SSSR count). The van der Waals surface area contributed by atoms with Crippen molar-refractivity contribution in [2.45, 2.75) is 37.2 Å². The van der Waals surface area contributed by atoms with E-state index >= 15 is 0 Å². The van der Waals surface area contributed by atoms with Crippen molar-refractivity contribution in [1.29, 1.82) is 0 Å². The molecule has 5 nitrogen and oxygen atoms in total. The second-order valence-electron chi connectivity index (χ2n) is 4.84. The Labute approximate surface area is 113 Å². The van der Waals surface area contributed by atoms with Gasteiger partial charge in [-0.25, -0.2) is 8.42 Å². The summed E-state index contributed by atoms with van der Waals surface area (Å²) in [6.07, 6.45) is 1.38. The molecule has 19 heavy (non-hydrogen) atoms. The fraction of sp³-hybridized carbons (Fsp3) is 0.462. The molecule has 1 aromatic carbocycles. The average molecular weight is 285 g/mol. The van der Waals surface area contributed by atoms with Crippen LogP contribution >= 0.6 is 0 Å². The van der Waals surface area contributed by atoms with E-state index in [9.17, 15) is 13.2 Å². The Morgan fingerprint density at radius 3 is 2.47 bits per heavy atom. The van der Waals surface area contributed by atoms with Gasteiger partial charge in [-0.15, -0.1) is 0 Å². The maximum atomic E-state index is 11.5. The van der Waals surface area contributed by atoms with Crippen LogP contribution in [0, 0.1) is 0 Å². The van der Waals surface area contributed by atoms with Crippen LogP contribution in [0.3, 0.4) is 0 Å². The first-order valence-electron chi connectivity index (χ1n) is 5.98. The van der Waals surface area contributed by atoms with Crippen LogP contribution in [0.2, 0.25) is 0 Å². The highest BCUT2D eigenvalue weighted by Crippen LogP contribution is 2.13. The van der Waals surface area contributed by atoms with E-state index in [-0.39, 0.29) is 17.4 Å². The van der Waals surface area contributed by atoms with Crippen LogP contribution in [0.15, 0.2) is 29.2 Å². The molecule has 6 heteroatoms. The van der Waals surface area contributed by atoms with Gasteiger partial charge in [-0.05, 0) is 24.1 Å². The number of carbonyl (C=O) groups is 1. The van der Waals surface area contributed by atoms with Crippen LogP contribution in [0.1, 0.15) is 19.4 Å². The predicted octanol–water partition coefficient (Wildman–Crippen LogP) is 1.08. The van der Waals surface area contributed by atoms with E-state index in [0.29, 0.717) is 5.56 Å². The molecule has 0 unspecified atom stereocenters. The number of carboxylic acids is 1. The highest BCUT2D eigenvalue weighted by Gasteiger charge is 2.19. The van der Waals surface area contributed by atoms with Crippen molar-refractivity contribution in [3.63, 3.8) is 0 Å². The van der Waals surface area contributed by atoms with E-state index in [2.05, 4.69) is 5.32 Å². The Balaban J connectivity index is 2.94. The van der Waals surface area contributed by atoms with Crippen LogP contribution in [0.25, 0.3) is 0 Å². The largest absolute Gasteiger partial charge is 0.480 e. The Morgan fingerprint density at radius 1 is 1.37 bits per heavy atom. The van der Waals surface area contributed by atoms with Gasteiger partial charge in [0.1, 0.15) is 6.04 Å². The molecule has 0 fully saturated rings. The predicted molar refractivity (Wildman–Crippen MR) is 73.0 cm³/mol. The maximum absolute atomic E-state index is 11.5. The van der Waals surface area contributed by atoms with Gasteiger partial charge < -0.3 is 10.4 Å². The monoisotopic (exact) mass is 285 g/mol. The number of benzene rings is 1. The van der Waals surface area contributed by atoms with E-state index in [4.69, 9.17) is 5.11 Å². The van der Waals surface area contributed by atoms with Crippen LogP contribution in [0.4, 0.5) is 0 Å². The molecular formula is C13H19NO4S. The Morgan fingerprint density at radius 2 is 2.00 bits per heavy atom. The minimum absolute atomic E-state index is 0.0409. The molecule has 0 saturated carbocycles. The lowest BCUT2D eigenvalue weighted by atomic mass is 10.1. The van der Waals surface area contributed by atoms with Gasteiger partial charge in [0.05, 0.1) is 4.90 Å². The Hall–Kier alpha value is -1.40. The summed E-state index contributed by atoms with van der Waals surface area (Å²) in [7, 11) is -3.27. The maximum Gasteiger partial charge on any atom is 0.321 e. The van der Waals surface area contributed by atoms with Crippen molar-refractivity contribution in [3.8, 4) is 0 Å². The third-order valence-corrected chi connectivity index (χ3v) is 3.71. The van der Waals surface area contributed by atoms with Crippen molar-refractivity contribution >= 4 is 15.8 Å². The van der Waals surface area contributed by atoms with Gasteiger partial charge >= 0.3 is 5.97 Å². The standard InChI is InChI=1S/C13H19NO4S/c1-9(2)14-12(13(15)16)8-10-5-4-6-11(7-10)19(3,17)18/h4-7,9,12,14H,8H2,1-3H3,(H,15,16)/t12-/m0/s1. The third-order valence-electron chi connectivity index (χ3n) is 2.60. The molecular weight excluding hydrogens is 266 g/mol. The van der Waals surface area contributed by atoms with Gasteiger partial charge in [-0.3, -0.25) is 4.79 Å². The fourth-order valence-electron chi connectivity index (χ4n) is 1.76. The topological polar surface area (TPSA) is 83.5 Å². The smallest absolute Gasteiger partial charge is 0.321 e. The highest BCUT2D eigenvalue weighted by atomic mass is 32.2. The first-order valence-corrected chi connectivity index (χ1v) is 7.87. The van der Waals surface area contributed by atoms with E-state index < -0.39 is 21.8 Å². The van der Waals surface area contributed by atoms with E-state index in [0.717, 1.165) is 6.26 Å². The number of hydrogen-bond acceptors (Lipinski definition) is 4. The minimum atomic E-state index is -3.27. The number of carboxylic acid groups (broad SMARTS) is 1. The van der Waals surface area contributed by atoms with Crippen molar-refractivity contribution in [1.82, 2.24) is 5.32 Å². The third kappa shape index (κ3) is 5.00. The lowest BCUT2D eigenvalue weighted by Crippen LogP contribution is -2.42. The molecule has 106 valence electrons. The van der Waals surface area contributed by atoms with E-state index in [1.807, 2.05) is 13.8 Å². The van der Waals surface area contributed by atoms with Gasteiger partial charge in [0.2, 0.25) is 0 Å². The normalized spacial score (nSPS) is 13.5. The Bertz CT molecular complexity index is 552. The van der Waals surface area contributed by atoms with Crippen LogP contribution in [-0.4, -0.2) is 37.8 Å². The second kappa shape index (κ2) is 6.16. The molecule has 0 bridgehead atoms. The first-order chi connectivity index (χ1) is 8.70.